The number of rotatable bonds is 6. The molecule has 0 radical (unpaired) electrons. The number of hydrogen-bond donors (Lipinski definition) is 3. The van der Waals surface area contributed by atoms with Crippen LogP contribution in [-0.2, 0) is 9.59 Å². The van der Waals surface area contributed by atoms with E-state index in [2.05, 4.69) is 16.0 Å². The summed E-state index contributed by atoms with van der Waals surface area (Å²) in [4.78, 5) is 24.0. The van der Waals surface area contributed by atoms with Crippen LogP contribution in [0.2, 0.25) is 0 Å². The van der Waals surface area contributed by atoms with Gasteiger partial charge in [0.15, 0.2) is 6.61 Å². The Kier molecular flexibility index (Phi) is 6.04. The molecule has 4 rings (SSSR count). The average molecular weight is 380 g/mol. The smallest absolute Gasteiger partial charge is 0.258 e. The lowest BCUT2D eigenvalue weighted by atomic mass is 10.00. The third-order valence-electron chi connectivity index (χ3n) is 5.26. The first-order valence-corrected chi connectivity index (χ1v) is 9.25. The van der Waals surface area contributed by atoms with Crippen LogP contribution >= 0.6 is 12.4 Å². The molecule has 2 bridgehead atoms. The molecule has 1 aromatic rings. The third kappa shape index (κ3) is 4.89. The van der Waals surface area contributed by atoms with Gasteiger partial charge in [-0.15, -0.1) is 12.4 Å². The SMILES string of the molecule is Cl.O=C(COc1cccc(NC(=O)C2CC2)c1)NC1CC2CCC(C1)N2. The molecule has 2 atom stereocenters. The predicted octanol–water partition coefficient (Wildman–Crippen LogP) is 2.23. The maximum absolute atomic E-state index is 12.2. The molecular weight excluding hydrogens is 354 g/mol. The zero-order valence-corrected chi connectivity index (χ0v) is 15.5. The van der Waals surface area contributed by atoms with E-state index < -0.39 is 0 Å². The van der Waals surface area contributed by atoms with Gasteiger partial charge in [0.1, 0.15) is 5.75 Å². The van der Waals surface area contributed by atoms with Crippen molar-refractivity contribution in [2.45, 2.75) is 56.7 Å². The molecule has 1 aromatic carbocycles. The molecule has 0 spiro atoms. The van der Waals surface area contributed by atoms with Gasteiger partial charge < -0.3 is 20.7 Å². The zero-order chi connectivity index (χ0) is 17.2. The summed E-state index contributed by atoms with van der Waals surface area (Å²) in [6, 6.07) is 8.56. The van der Waals surface area contributed by atoms with Crippen LogP contribution in [0.1, 0.15) is 38.5 Å². The fourth-order valence-electron chi connectivity index (χ4n) is 3.85. The molecule has 3 N–H and O–H groups in total. The number of carbonyl (C=O) groups is 2. The standard InChI is InChI=1S/C19H25N3O3.ClH/c23-18(21-16-8-14-6-7-15(9-16)20-14)11-25-17-3-1-2-13(10-17)22-19(24)12-4-5-12;/h1-3,10,12,14-16,20H,4-9,11H2,(H,21,23)(H,22,24);1H. The molecule has 1 saturated carbocycles. The van der Waals surface area contributed by atoms with Gasteiger partial charge in [0.2, 0.25) is 5.91 Å². The highest BCUT2D eigenvalue weighted by Crippen LogP contribution is 2.30. The van der Waals surface area contributed by atoms with Crippen molar-refractivity contribution in [3.8, 4) is 5.75 Å². The van der Waals surface area contributed by atoms with Gasteiger partial charge in [-0.3, -0.25) is 9.59 Å². The summed E-state index contributed by atoms with van der Waals surface area (Å²) in [6.45, 7) is -0.000708. The van der Waals surface area contributed by atoms with Crippen molar-refractivity contribution in [3.05, 3.63) is 24.3 Å². The van der Waals surface area contributed by atoms with Crippen molar-refractivity contribution in [2.24, 2.45) is 5.92 Å². The van der Waals surface area contributed by atoms with E-state index in [9.17, 15) is 9.59 Å². The Hall–Kier alpha value is -1.79. The van der Waals surface area contributed by atoms with E-state index in [0.29, 0.717) is 23.5 Å². The number of anilines is 1. The molecule has 2 saturated heterocycles. The molecular formula is C19H26ClN3O3. The minimum absolute atomic E-state index is 0. The summed E-state index contributed by atoms with van der Waals surface area (Å²) in [5, 5.41) is 9.54. The molecule has 3 aliphatic rings. The van der Waals surface area contributed by atoms with Crippen LogP contribution in [0.15, 0.2) is 24.3 Å². The van der Waals surface area contributed by atoms with E-state index in [0.717, 1.165) is 25.7 Å². The molecule has 142 valence electrons. The van der Waals surface area contributed by atoms with Crippen molar-refractivity contribution in [3.63, 3.8) is 0 Å². The molecule has 2 unspecified atom stereocenters. The van der Waals surface area contributed by atoms with Gasteiger partial charge >= 0.3 is 0 Å². The first-order chi connectivity index (χ1) is 12.2. The van der Waals surface area contributed by atoms with E-state index in [-0.39, 0.29) is 42.8 Å². The number of amides is 2. The fraction of sp³-hybridized carbons (Fsp3) is 0.579. The normalized spacial score (nSPS) is 26.5. The Labute approximate surface area is 159 Å². The molecule has 26 heavy (non-hydrogen) atoms. The van der Waals surface area contributed by atoms with Gasteiger partial charge in [-0.05, 0) is 50.7 Å². The summed E-state index contributed by atoms with van der Waals surface area (Å²) in [5.74, 6) is 0.735. The van der Waals surface area contributed by atoms with E-state index in [1.54, 1.807) is 12.1 Å². The third-order valence-corrected chi connectivity index (χ3v) is 5.26. The first-order valence-electron chi connectivity index (χ1n) is 9.25. The molecule has 0 aromatic heterocycles. The number of ether oxygens (including phenoxy) is 1. The van der Waals surface area contributed by atoms with Crippen molar-refractivity contribution in [1.29, 1.82) is 0 Å². The number of hydrogen-bond acceptors (Lipinski definition) is 4. The second-order valence-corrected chi connectivity index (χ2v) is 7.45. The lowest BCUT2D eigenvalue weighted by Gasteiger charge is -2.29. The fourth-order valence-corrected chi connectivity index (χ4v) is 3.85. The summed E-state index contributed by atoms with van der Waals surface area (Å²) in [7, 11) is 0. The number of benzene rings is 1. The number of halogens is 1. The van der Waals surface area contributed by atoms with Crippen LogP contribution < -0.4 is 20.7 Å². The van der Waals surface area contributed by atoms with Crippen LogP contribution in [0.5, 0.6) is 5.75 Å². The Morgan fingerprint density at radius 3 is 2.54 bits per heavy atom. The van der Waals surface area contributed by atoms with Crippen molar-refractivity contribution in [1.82, 2.24) is 10.6 Å². The molecule has 6 nitrogen and oxygen atoms in total. The average Bonchev–Trinajstić information content (AvgIpc) is 3.39. The second-order valence-electron chi connectivity index (χ2n) is 7.45. The summed E-state index contributed by atoms with van der Waals surface area (Å²) >= 11 is 0. The number of fused-ring (bicyclic) bond motifs is 2. The quantitative estimate of drug-likeness (QED) is 0.708. The predicted molar refractivity (Wildman–Crippen MR) is 102 cm³/mol. The van der Waals surface area contributed by atoms with E-state index in [1.807, 2.05) is 12.1 Å². The van der Waals surface area contributed by atoms with Crippen LogP contribution in [0, 0.1) is 5.92 Å². The van der Waals surface area contributed by atoms with Gasteiger partial charge in [0.25, 0.3) is 5.91 Å². The minimum atomic E-state index is -0.0845. The second kappa shape index (κ2) is 8.27. The summed E-state index contributed by atoms with van der Waals surface area (Å²) in [6.07, 6.45) is 6.39. The highest BCUT2D eigenvalue weighted by atomic mass is 35.5. The molecule has 7 heteroatoms. The Balaban J connectivity index is 0.00000196. The topological polar surface area (TPSA) is 79.5 Å². The van der Waals surface area contributed by atoms with E-state index in [1.165, 1.54) is 12.8 Å². The largest absolute Gasteiger partial charge is 0.484 e. The maximum atomic E-state index is 12.2. The summed E-state index contributed by atoms with van der Waals surface area (Å²) in [5.41, 5.74) is 0.713. The van der Waals surface area contributed by atoms with Crippen LogP contribution in [0.3, 0.4) is 0 Å². The molecule has 1 aliphatic carbocycles. The summed E-state index contributed by atoms with van der Waals surface area (Å²) < 4.78 is 5.60. The molecule has 2 aliphatic heterocycles. The zero-order valence-electron chi connectivity index (χ0n) is 14.7. The highest BCUT2D eigenvalue weighted by Gasteiger charge is 2.34. The van der Waals surface area contributed by atoms with Gasteiger partial charge in [-0.25, -0.2) is 0 Å². The van der Waals surface area contributed by atoms with Crippen molar-refractivity contribution in [2.75, 3.05) is 11.9 Å². The maximum Gasteiger partial charge on any atom is 0.258 e. The first kappa shape index (κ1) is 19.0. The lowest BCUT2D eigenvalue weighted by Crippen LogP contribution is -2.48. The van der Waals surface area contributed by atoms with E-state index in [4.69, 9.17) is 4.74 Å². The highest BCUT2D eigenvalue weighted by molar-refractivity contribution is 5.94. The van der Waals surface area contributed by atoms with Crippen LogP contribution in [-0.4, -0.2) is 36.5 Å². The van der Waals surface area contributed by atoms with Gasteiger partial charge in [-0.1, -0.05) is 6.07 Å². The van der Waals surface area contributed by atoms with Crippen LogP contribution in [0.25, 0.3) is 0 Å². The molecule has 2 amide bonds. The monoisotopic (exact) mass is 379 g/mol. The Morgan fingerprint density at radius 2 is 1.85 bits per heavy atom. The number of carbonyl (C=O) groups excluding carboxylic acids is 2. The van der Waals surface area contributed by atoms with Gasteiger partial charge in [0.05, 0.1) is 0 Å². The molecule has 3 fully saturated rings. The Bertz CT molecular complexity index is 653. The lowest BCUT2D eigenvalue weighted by molar-refractivity contribution is -0.124. The molecule has 2 heterocycles. The number of piperidine rings is 1. The van der Waals surface area contributed by atoms with Gasteiger partial charge in [-0.2, -0.15) is 0 Å². The van der Waals surface area contributed by atoms with Crippen molar-refractivity contribution < 1.29 is 14.3 Å². The number of nitrogens with one attached hydrogen (secondary N) is 3. The Morgan fingerprint density at radius 1 is 1.12 bits per heavy atom. The van der Waals surface area contributed by atoms with Crippen molar-refractivity contribution >= 4 is 29.9 Å². The van der Waals surface area contributed by atoms with E-state index >= 15 is 0 Å². The van der Waals surface area contributed by atoms with Gasteiger partial charge in [0, 0.05) is 35.8 Å². The minimum Gasteiger partial charge on any atom is -0.484 e. The van der Waals surface area contributed by atoms with Crippen LogP contribution in [0.4, 0.5) is 5.69 Å².